The van der Waals surface area contributed by atoms with Crippen molar-refractivity contribution in [2.45, 2.75) is 32.5 Å². The summed E-state index contributed by atoms with van der Waals surface area (Å²) >= 11 is 14.8. The summed E-state index contributed by atoms with van der Waals surface area (Å²) in [4.78, 5) is 31.5. The number of aryl methyl sites for hydroxylation is 2. The van der Waals surface area contributed by atoms with Crippen LogP contribution in [0, 0.1) is 13.8 Å². The maximum absolute atomic E-state index is 12.8. The molecule has 0 saturated heterocycles. The van der Waals surface area contributed by atoms with E-state index in [1.807, 2.05) is 20.8 Å². The Hall–Kier alpha value is -1.54. The van der Waals surface area contributed by atoms with Gasteiger partial charge in [-0.15, -0.1) is 11.3 Å². The van der Waals surface area contributed by atoms with Crippen LogP contribution in [0.3, 0.4) is 0 Å². The van der Waals surface area contributed by atoms with Crippen molar-refractivity contribution in [2.24, 2.45) is 0 Å². The Bertz CT molecular complexity index is 1090. The van der Waals surface area contributed by atoms with E-state index in [0.717, 1.165) is 10.4 Å². The molecule has 9 heteroatoms. The number of rotatable bonds is 5. The largest absolute Gasteiger partial charge is 0.324 e. The third-order valence-electron chi connectivity index (χ3n) is 4.13. The standard InChI is InChI=1S/C18H17Cl2N3O2S2/c1-4-23-17(25)14-9(2)10(3)27-16(14)22-18(23)26-8-13(24)21-12-7-5-6-11(19)15(12)20/h5-7H,4,8H2,1-3H3,(H,21,24). The number of fused-ring (bicyclic) bond motifs is 1. The van der Waals surface area contributed by atoms with Crippen LogP contribution in [-0.4, -0.2) is 21.2 Å². The van der Waals surface area contributed by atoms with Gasteiger partial charge in [-0.3, -0.25) is 14.2 Å². The van der Waals surface area contributed by atoms with E-state index in [2.05, 4.69) is 10.3 Å². The molecule has 0 aliphatic rings. The van der Waals surface area contributed by atoms with Crippen LogP contribution in [0.25, 0.3) is 10.2 Å². The third-order valence-corrected chi connectivity index (χ3v) is 7.02. The molecule has 0 saturated carbocycles. The lowest BCUT2D eigenvalue weighted by molar-refractivity contribution is -0.113. The molecule has 0 spiro atoms. The van der Waals surface area contributed by atoms with Crippen molar-refractivity contribution in [2.75, 3.05) is 11.1 Å². The minimum Gasteiger partial charge on any atom is -0.324 e. The fourth-order valence-corrected chi connectivity index (χ4v) is 4.90. The number of hydrogen-bond acceptors (Lipinski definition) is 5. The van der Waals surface area contributed by atoms with E-state index in [1.54, 1.807) is 22.8 Å². The molecule has 2 aromatic heterocycles. The van der Waals surface area contributed by atoms with Crippen molar-refractivity contribution in [3.05, 3.63) is 49.0 Å². The molecule has 0 fully saturated rings. The molecule has 1 amide bonds. The molecule has 1 N–H and O–H groups in total. The molecular weight excluding hydrogens is 425 g/mol. The molecule has 0 radical (unpaired) electrons. The second kappa shape index (κ2) is 8.22. The number of nitrogens with one attached hydrogen (secondary N) is 1. The second-order valence-electron chi connectivity index (χ2n) is 5.85. The van der Waals surface area contributed by atoms with Crippen LogP contribution < -0.4 is 10.9 Å². The van der Waals surface area contributed by atoms with E-state index in [0.29, 0.717) is 37.7 Å². The number of anilines is 1. The zero-order valence-electron chi connectivity index (χ0n) is 14.9. The maximum Gasteiger partial charge on any atom is 0.263 e. The number of carbonyl (C=O) groups is 1. The van der Waals surface area contributed by atoms with Crippen LogP contribution >= 0.6 is 46.3 Å². The molecule has 2 heterocycles. The predicted molar refractivity (Wildman–Crippen MR) is 115 cm³/mol. The third kappa shape index (κ3) is 4.01. The Morgan fingerprint density at radius 1 is 1.33 bits per heavy atom. The molecular formula is C18H17Cl2N3O2S2. The normalized spacial score (nSPS) is 11.1. The van der Waals surface area contributed by atoms with Crippen LogP contribution in [0.4, 0.5) is 5.69 Å². The summed E-state index contributed by atoms with van der Waals surface area (Å²) in [7, 11) is 0. The Morgan fingerprint density at radius 2 is 2.07 bits per heavy atom. The number of halogens is 2. The molecule has 142 valence electrons. The minimum absolute atomic E-state index is 0.0647. The Labute approximate surface area is 174 Å². The number of nitrogens with zero attached hydrogens (tertiary/aromatic N) is 2. The highest BCUT2D eigenvalue weighted by Crippen LogP contribution is 2.30. The van der Waals surface area contributed by atoms with Crippen LogP contribution in [0.15, 0.2) is 28.2 Å². The highest BCUT2D eigenvalue weighted by atomic mass is 35.5. The van der Waals surface area contributed by atoms with Gasteiger partial charge in [-0.1, -0.05) is 41.0 Å². The molecule has 27 heavy (non-hydrogen) atoms. The molecule has 0 bridgehead atoms. The summed E-state index contributed by atoms with van der Waals surface area (Å²) in [5.41, 5.74) is 1.36. The maximum atomic E-state index is 12.8. The van der Waals surface area contributed by atoms with Crippen molar-refractivity contribution < 1.29 is 4.79 Å². The number of hydrogen-bond donors (Lipinski definition) is 1. The lowest BCUT2D eigenvalue weighted by Gasteiger charge is -2.11. The Morgan fingerprint density at radius 3 is 2.78 bits per heavy atom. The van der Waals surface area contributed by atoms with Crippen molar-refractivity contribution >= 4 is 68.1 Å². The average molecular weight is 442 g/mol. The van der Waals surface area contributed by atoms with Gasteiger partial charge in [0.2, 0.25) is 5.91 Å². The molecule has 5 nitrogen and oxygen atoms in total. The van der Waals surface area contributed by atoms with E-state index >= 15 is 0 Å². The van der Waals surface area contributed by atoms with E-state index in [4.69, 9.17) is 23.2 Å². The van der Waals surface area contributed by atoms with Crippen LogP contribution in [-0.2, 0) is 11.3 Å². The molecule has 0 unspecified atom stereocenters. The van der Waals surface area contributed by atoms with E-state index in [1.165, 1.54) is 23.1 Å². The van der Waals surface area contributed by atoms with Gasteiger partial charge in [0.1, 0.15) is 4.83 Å². The first-order chi connectivity index (χ1) is 12.8. The van der Waals surface area contributed by atoms with Crippen LogP contribution in [0.5, 0.6) is 0 Å². The van der Waals surface area contributed by atoms with Crippen LogP contribution in [0.1, 0.15) is 17.4 Å². The summed E-state index contributed by atoms with van der Waals surface area (Å²) in [5.74, 6) is -0.149. The average Bonchev–Trinajstić information content (AvgIpc) is 2.91. The van der Waals surface area contributed by atoms with Gasteiger partial charge in [0.05, 0.1) is 26.9 Å². The minimum atomic E-state index is -0.250. The highest BCUT2D eigenvalue weighted by Gasteiger charge is 2.17. The Balaban J connectivity index is 1.83. The van der Waals surface area contributed by atoms with Gasteiger partial charge in [-0.05, 0) is 38.5 Å². The molecule has 3 rings (SSSR count). The summed E-state index contributed by atoms with van der Waals surface area (Å²) in [6.07, 6.45) is 0. The Kier molecular flexibility index (Phi) is 6.15. The summed E-state index contributed by atoms with van der Waals surface area (Å²) in [5, 5.41) is 4.60. The fraction of sp³-hybridized carbons (Fsp3) is 0.278. The summed E-state index contributed by atoms with van der Waals surface area (Å²) in [6, 6.07) is 5.04. The van der Waals surface area contributed by atoms with Crippen molar-refractivity contribution in [3.8, 4) is 0 Å². The quantitative estimate of drug-likeness (QED) is 0.440. The van der Waals surface area contributed by atoms with Crippen molar-refractivity contribution in [1.82, 2.24) is 9.55 Å². The number of thiophene rings is 1. The molecule has 0 aliphatic carbocycles. The van der Waals surface area contributed by atoms with Gasteiger partial charge in [-0.2, -0.15) is 0 Å². The number of thioether (sulfide) groups is 1. The fourth-order valence-electron chi connectivity index (χ4n) is 2.61. The smallest absolute Gasteiger partial charge is 0.263 e. The molecule has 3 aromatic rings. The van der Waals surface area contributed by atoms with Crippen molar-refractivity contribution in [3.63, 3.8) is 0 Å². The number of benzene rings is 1. The zero-order chi connectivity index (χ0) is 19.7. The van der Waals surface area contributed by atoms with Gasteiger partial charge < -0.3 is 5.32 Å². The van der Waals surface area contributed by atoms with E-state index < -0.39 is 0 Å². The first-order valence-corrected chi connectivity index (χ1v) is 10.8. The molecule has 0 aliphatic heterocycles. The van der Waals surface area contributed by atoms with Gasteiger partial charge in [0.15, 0.2) is 5.16 Å². The molecule has 0 atom stereocenters. The lowest BCUT2D eigenvalue weighted by atomic mass is 10.2. The summed E-state index contributed by atoms with van der Waals surface area (Å²) < 4.78 is 1.60. The van der Waals surface area contributed by atoms with Gasteiger partial charge in [-0.25, -0.2) is 4.98 Å². The number of carbonyl (C=O) groups excluding carboxylic acids is 1. The lowest BCUT2D eigenvalue weighted by Crippen LogP contribution is -2.23. The summed E-state index contributed by atoms with van der Waals surface area (Å²) in [6.45, 7) is 6.29. The number of amides is 1. The molecule has 1 aromatic carbocycles. The van der Waals surface area contributed by atoms with Crippen LogP contribution in [0.2, 0.25) is 10.0 Å². The van der Waals surface area contributed by atoms with E-state index in [-0.39, 0.29) is 17.2 Å². The van der Waals surface area contributed by atoms with Gasteiger partial charge >= 0.3 is 0 Å². The highest BCUT2D eigenvalue weighted by molar-refractivity contribution is 7.99. The van der Waals surface area contributed by atoms with Gasteiger partial charge in [0.25, 0.3) is 5.56 Å². The van der Waals surface area contributed by atoms with Gasteiger partial charge in [0, 0.05) is 11.4 Å². The van der Waals surface area contributed by atoms with E-state index in [9.17, 15) is 9.59 Å². The topological polar surface area (TPSA) is 64.0 Å². The second-order valence-corrected chi connectivity index (χ2v) is 8.78. The first-order valence-electron chi connectivity index (χ1n) is 8.20. The zero-order valence-corrected chi connectivity index (χ0v) is 18.1. The monoisotopic (exact) mass is 441 g/mol. The predicted octanol–water partition coefficient (Wildman–Crippen LogP) is 5.13. The first kappa shape index (κ1) is 20.2. The van der Waals surface area contributed by atoms with Crippen molar-refractivity contribution in [1.29, 1.82) is 0 Å². The number of aromatic nitrogens is 2. The SMILES string of the molecule is CCn1c(SCC(=O)Nc2cccc(Cl)c2Cl)nc2sc(C)c(C)c2c1=O.